The second-order valence-electron chi connectivity index (χ2n) is 7.31. The molecule has 9 nitrogen and oxygen atoms in total. The van der Waals surface area contributed by atoms with Crippen LogP contribution in [0.5, 0.6) is 0 Å². The van der Waals surface area contributed by atoms with Gasteiger partial charge in [0.25, 0.3) is 5.91 Å². The number of aromatic nitrogens is 2. The molecule has 10 heteroatoms. The Kier molecular flexibility index (Phi) is 21.2. The summed E-state index contributed by atoms with van der Waals surface area (Å²) >= 11 is 1.37. The molecule has 0 aliphatic rings. The van der Waals surface area contributed by atoms with Gasteiger partial charge in [0, 0.05) is 23.8 Å². The summed E-state index contributed by atoms with van der Waals surface area (Å²) in [5.74, 6) is -2.00. The van der Waals surface area contributed by atoms with Crippen LogP contribution in [0.3, 0.4) is 0 Å². The number of nitrogens with two attached hydrogens (primary N) is 2. The van der Waals surface area contributed by atoms with Crippen LogP contribution < -0.4 is 16.8 Å². The molecule has 2 rings (SSSR count). The summed E-state index contributed by atoms with van der Waals surface area (Å²) in [6.07, 6.45) is 9.43. The Morgan fingerprint density at radius 3 is 1.97 bits per heavy atom. The van der Waals surface area contributed by atoms with Gasteiger partial charge >= 0.3 is 11.8 Å². The molecule has 0 radical (unpaired) electrons. The van der Waals surface area contributed by atoms with Crippen LogP contribution in [0.4, 0.5) is 5.82 Å². The molecule has 198 valence electrons. The number of amides is 3. The van der Waals surface area contributed by atoms with Gasteiger partial charge in [0.1, 0.15) is 5.82 Å². The van der Waals surface area contributed by atoms with E-state index in [9.17, 15) is 14.4 Å². The lowest BCUT2D eigenvalue weighted by atomic mass is 10.2. The standard InChI is InChI=1S/C9H11N3O2.C9H15N3OS.C5H12.C2H6/c1-2-6-3-4-7(11-5-6)12-9(14)8(10)13;1-3-4-12(2)6-7-5-11-9(14-7)8(10)13;1-3-5-4-2;1-2/h3-5H,2H2,1H3,(H2,10,13)(H,11,12,14);5H,3-4,6H2,1-2H3,(H2,10,13);3-5H2,1-2H3;1-2H3. The molecular formula is C25H44N6O3S. The fraction of sp³-hybridized carbons (Fsp3) is 0.560. The van der Waals surface area contributed by atoms with Crippen molar-refractivity contribution in [1.29, 1.82) is 0 Å². The Bertz CT molecular complexity index is 838. The zero-order valence-electron chi connectivity index (χ0n) is 22.4. The Balaban J connectivity index is 0. The van der Waals surface area contributed by atoms with E-state index in [1.807, 2.05) is 33.9 Å². The van der Waals surface area contributed by atoms with Gasteiger partial charge in [0.15, 0.2) is 5.01 Å². The van der Waals surface area contributed by atoms with Crippen molar-refractivity contribution >= 4 is 34.9 Å². The minimum Gasteiger partial charge on any atom is -0.364 e. The van der Waals surface area contributed by atoms with Crippen LogP contribution in [-0.4, -0.2) is 46.2 Å². The van der Waals surface area contributed by atoms with Crippen molar-refractivity contribution in [3.63, 3.8) is 0 Å². The fourth-order valence-electron chi connectivity index (χ4n) is 2.46. The number of pyridine rings is 1. The average Bonchev–Trinajstić information content (AvgIpc) is 3.31. The number of carbonyl (C=O) groups is 3. The molecule has 0 bridgehead atoms. The third kappa shape index (κ3) is 17.3. The highest BCUT2D eigenvalue weighted by Crippen LogP contribution is 2.14. The second-order valence-corrected chi connectivity index (χ2v) is 8.43. The minimum atomic E-state index is -1.02. The molecule has 0 unspecified atom stereocenters. The number of hydrogen-bond acceptors (Lipinski definition) is 7. The molecule has 3 amide bonds. The zero-order valence-corrected chi connectivity index (χ0v) is 23.2. The third-order valence-corrected chi connectivity index (χ3v) is 5.20. The van der Waals surface area contributed by atoms with E-state index in [0.29, 0.717) is 10.8 Å². The van der Waals surface area contributed by atoms with E-state index in [1.165, 1.54) is 30.6 Å². The van der Waals surface area contributed by atoms with E-state index >= 15 is 0 Å². The molecule has 2 aromatic heterocycles. The summed E-state index contributed by atoms with van der Waals surface area (Å²) in [5, 5.41) is 2.66. The molecule has 0 saturated carbocycles. The van der Waals surface area contributed by atoms with Gasteiger partial charge < -0.3 is 21.7 Å². The normalized spacial score (nSPS) is 9.49. The first-order valence-electron chi connectivity index (χ1n) is 12.2. The number of carbonyl (C=O) groups excluding carboxylic acids is 3. The summed E-state index contributed by atoms with van der Waals surface area (Å²) in [6, 6.07) is 3.45. The number of nitrogens with zero attached hydrogens (tertiary/aromatic N) is 3. The summed E-state index contributed by atoms with van der Waals surface area (Å²) < 4.78 is 0. The highest BCUT2D eigenvalue weighted by Gasteiger charge is 2.09. The minimum absolute atomic E-state index is 0.325. The van der Waals surface area contributed by atoms with Crippen molar-refractivity contribution in [3.05, 3.63) is 40.0 Å². The van der Waals surface area contributed by atoms with Crippen molar-refractivity contribution < 1.29 is 14.4 Å². The Morgan fingerprint density at radius 2 is 1.60 bits per heavy atom. The number of thiazole rings is 1. The first-order valence-corrected chi connectivity index (χ1v) is 13.0. The first-order chi connectivity index (χ1) is 16.7. The van der Waals surface area contributed by atoms with Gasteiger partial charge in [0.2, 0.25) is 0 Å². The lowest BCUT2D eigenvalue weighted by molar-refractivity contribution is -0.134. The Morgan fingerprint density at radius 1 is 0.971 bits per heavy atom. The summed E-state index contributed by atoms with van der Waals surface area (Å²) in [4.78, 5) is 43.2. The molecule has 0 fully saturated rings. The van der Waals surface area contributed by atoms with Gasteiger partial charge in [-0.2, -0.15) is 0 Å². The van der Waals surface area contributed by atoms with Gasteiger partial charge in [-0.1, -0.05) is 66.9 Å². The Labute approximate surface area is 214 Å². The lowest BCUT2D eigenvalue weighted by Gasteiger charge is -2.12. The van der Waals surface area contributed by atoms with Gasteiger partial charge in [0.05, 0.1) is 0 Å². The van der Waals surface area contributed by atoms with Crippen molar-refractivity contribution in [2.24, 2.45) is 11.5 Å². The largest absolute Gasteiger partial charge is 0.364 e. The highest BCUT2D eigenvalue weighted by atomic mass is 32.1. The third-order valence-electron chi connectivity index (χ3n) is 4.20. The molecule has 0 saturated heterocycles. The number of rotatable bonds is 9. The molecule has 0 aromatic carbocycles. The topological polar surface area (TPSA) is 144 Å². The van der Waals surface area contributed by atoms with Crippen LogP contribution in [0.25, 0.3) is 0 Å². The Hall–Kier alpha value is -2.85. The van der Waals surface area contributed by atoms with Crippen LogP contribution >= 0.6 is 11.3 Å². The van der Waals surface area contributed by atoms with Crippen LogP contribution in [0.2, 0.25) is 0 Å². The number of aryl methyl sites for hydroxylation is 1. The van der Waals surface area contributed by atoms with Crippen molar-refractivity contribution in [2.75, 3.05) is 18.9 Å². The molecule has 2 aromatic rings. The molecule has 0 aliphatic carbocycles. The SMILES string of the molecule is CC.CCCCC.CCCN(C)Cc1cnc(C(N)=O)s1.CCc1ccc(NC(=O)C(N)=O)nc1. The maximum Gasteiger partial charge on any atom is 0.314 e. The molecule has 0 aliphatic heterocycles. The van der Waals surface area contributed by atoms with E-state index in [0.717, 1.165) is 36.4 Å². The molecule has 35 heavy (non-hydrogen) atoms. The number of anilines is 1. The summed E-state index contributed by atoms with van der Waals surface area (Å²) in [6.45, 7) is 14.4. The number of primary amides is 2. The molecule has 0 spiro atoms. The van der Waals surface area contributed by atoms with Crippen LogP contribution in [0.1, 0.15) is 87.5 Å². The molecule has 0 atom stereocenters. The fourth-order valence-corrected chi connectivity index (χ4v) is 3.31. The van der Waals surface area contributed by atoms with E-state index < -0.39 is 17.7 Å². The molecule has 5 N–H and O–H groups in total. The summed E-state index contributed by atoms with van der Waals surface area (Å²) in [5.41, 5.74) is 10.9. The summed E-state index contributed by atoms with van der Waals surface area (Å²) in [7, 11) is 2.05. The van der Waals surface area contributed by atoms with Crippen LogP contribution in [-0.2, 0) is 22.6 Å². The maximum absolute atomic E-state index is 10.8. The zero-order chi connectivity index (χ0) is 27.2. The molecular weight excluding hydrogens is 464 g/mol. The smallest absolute Gasteiger partial charge is 0.314 e. The first kappa shape index (κ1) is 34.3. The van der Waals surface area contributed by atoms with Gasteiger partial charge in [-0.15, -0.1) is 11.3 Å². The number of nitrogens with one attached hydrogen (secondary N) is 1. The van der Waals surface area contributed by atoms with E-state index in [1.54, 1.807) is 18.5 Å². The lowest BCUT2D eigenvalue weighted by Crippen LogP contribution is -2.29. The van der Waals surface area contributed by atoms with Crippen molar-refractivity contribution in [1.82, 2.24) is 14.9 Å². The highest BCUT2D eigenvalue weighted by molar-refractivity contribution is 7.13. The predicted molar refractivity (Wildman–Crippen MR) is 145 cm³/mol. The monoisotopic (exact) mass is 508 g/mol. The van der Waals surface area contributed by atoms with Gasteiger partial charge in [-0.05, 0) is 38.1 Å². The van der Waals surface area contributed by atoms with Crippen molar-refractivity contribution in [2.45, 2.75) is 80.2 Å². The van der Waals surface area contributed by atoms with Crippen LogP contribution in [0.15, 0.2) is 24.5 Å². The number of unbranched alkanes of at least 4 members (excludes halogenated alkanes) is 2. The van der Waals surface area contributed by atoms with Gasteiger partial charge in [-0.25, -0.2) is 9.97 Å². The van der Waals surface area contributed by atoms with Crippen molar-refractivity contribution in [3.8, 4) is 0 Å². The van der Waals surface area contributed by atoms with Gasteiger partial charge in [-0.3, -0.25) is 14.4 Å². The van der Waals surface area contributed by atoms with E-state index in [4.69, 9.17) is 11.5 Å². The quantitative estimate of drug-likeness (QED) is 0.429. The van der Waals surface area contributed by atoms with E-state index in [2.05, 4.69) is 41.0 Å². The maximum atomic E-state index is 10.8. The second kappa shape index (κ2) is 21.7. The van der Waals surface area contributed by atoms with E-state index in [-0.39, 0.29) is 0 Å². The number of hydrogen-bond donors (Lipinski definition) is 3. The van der Waals surface area contributed by atoms with Crippen LogP contribution in [0, 0.1) is 0 Å². The molecule has 2 heterocycles. The predicted octanol–water partition coefficient (Wildman–Crippen LogP) is 4.37. The average molecular weight is 509 g/mol.